The van der Waals surface area contributed by atoms with Crippen LogP contribution in [-0.4, -0.2) is 34.2 Å². The SMILES string of the molecule is C[C@]12O[C@](C)(C[C@@H]1O)[C@H]1C(=O)N(c3ccc(Cl)c(C#N)c3)C(=O)[C@H]12. The van der Waals surface area contributed by atoms with Crippen molar-refractivity contribution in [2.24, 2.45) is 11.8 Å². The second-order valence-electron chi connectivity index (χ2n) is 7.06. The number of nitriles is 1. The lowest BCUT2D eigenvalue weighted by Gasteiger charge is -2.31. The van der Waals surface area contributed by atoms with Crippen LogP contribution in [0.15, 0.2) is 18.2 Å². The maximum atomic E-state index is 13.0. The minimum atomic E-state index is -1.06. The second-order valence-corrected chi connectivity index (χ2v) is 7.47. The molecule has 2 bridgehead atoms. The highest BCUT2D eigenvalue weighted by Crippen LogP contribution is 2.60. The van der Waals surface area contributed by atoms with E-state index in [0.29, 0.717) is 12.1 Å². The summed E-state index contributed by atoms with van der Waals surface area (Å²) in [5, 5.41) is 19.7. The summed E-state index contributed by atoms with van der Waals surface area (Å²) in [6, 6.07) is 6.42. The molecule has 7 heteroatoms. The lowest BCUT2D eigenvalue weighted by atomic mass is 9.67. The third-order valence-corrected chi connectivity index (χ3v) is 5.95. The minimum Gasteiger partial charge on any atom is -0.390 e. The lowest BCUT2D eigenvalue weighted by Crippen LogP contribution is -2.49. The van der Waals surface area contributed by atoms with Crippen molar-refractivity contribution in [3.05, 3.63) is 28.8 Å². The molecular formula is C17H15ClN2O4. The molecule has 1 N–H and O–H groups in total. The predicted molar refractivity (Wildman–Crippen MR) is 84.2 cm³/mol. The maximum Gasteiger partial charge on any atom is 0.240 e. The van der Waals surface area contributed by atoms with Gasteiger partial charge in [-0.05, 0) is 32.0 Å². The fourth-order valence-electron chi connectivity index (χ4n) is 4.51. The Morgan fingerprint density at radius 1 is 1.33 bits per heavy atom. The number of carbonyl (C=O) groups is 2. The Kier molecular flexibility index (Phi) is 2.97. The predicted octanol–water partition coefficient (Wildman–Crippen LogP) is 1.63. The van der Waals surface area contributed by atoms with Gasteiger partial charge in [-0.1, -0.05) is 11.6 Å². The molecule has 4 rings (SSSR count). The van der Waals surface area contributed by atoms with E-state index >= 15 is 0 Å². The van der Waals surface area contributed by atoms with Gasteiger partial charge in [-0.2, -0.15) is 5.26 Å². The van der Waals surface area contributed by atoms with Gasteiger partial charge in [0, 0.05) is 6.42 Å². The van der Waals surface area contributed by atoms with Crippen LogP contribution >= 0.6 is 11.6 Å². The molecule has 3 heterocycles. The topological polar surface area (TPSA) is 90.6 Å². The van der Waals surface area contributed by atoms with Crippen molar-refractivity contribution in [1.29, 1.82) is 5.26 Å². The molecule has 1 aromatic carbocycles. The first-order chi connectivity index (χ1) is 11.2. The monoisotopic (exact) mass is 346 g/mol. The van der Waals surface area contributed by atoms with E-state index in [1.165, 1.54) is 12.1 Å². The van der Waals surface area contributed by atoms with E-state index in [1.807, 2.05) is 6.07 Å². The highest BCUT2D eigenvalue weighted by atomic mass is 35.5. The average molecular weight is 347 g/mol. The van der Waals surface area contributed by atoms with Gasteiger partial charge in [0.1, 0.15) is 11.7 Å². The molecule has 0 aromatic heterocycles. The third kappa shape index (κ3) is 1.67. The fraction of sp³-hybridized carbons (Fsp3) is 0.471. The van der Waals surface area contributed by atoms with Gasteiger partial charge >= 0.3 is 0 Å². The number of imide groups is 1. The first-order valence-corrected chi connectivity index (χ1v) is 8.06. The fourth-order valence-corrected chi connectivity index (χ4v) is 4.67. The average Bonchev–Trinajstić information content (AvgIpc) is 3.02. The lowest BCUT2D eigenvalue weighted by molar-refractivity contribution is -0.132. The van der Waals surface area contributed by atoms with Crippen molar-refractivity contribution in [1.82, 2.24) is 0 Å². The zero-order chi connectivity index (χ0) is 17.4. The number of ether oxygens (including phenoxy) is 1. The molecule has 0 spiro atoms. The van der Waals surface area contributed by atoms with E-state index in [1.54, 1.807) is 19.9 Å². The van der Waals surface area contributed by atoms with Gasteiger partial charge in [-0.15, -0.1) is 0 Å². The number of fused-ring (bicyclic) bond motifs is 5. The number of benzene rings is 1. The van der Waals surface area contributed by atoms with E-state index in [9.17, 15) is 14.7 Å². The normalized spacial score (nSPS) is 40.1. The number of nitrogens with zero attached hydrogens (tertiary/aromatic N) is 2. The Balaban J connectivity index is 1.81. The molecule has 0 radical (unpaired) electrons. The van der Waals surface area contributed by atoms with Gasteiger partial charge in [0.25, 0.3) is 0 Å². The summed E-state index contributed by atoms with van der Waals surface area (Å²) >= 11 is 5.93. The summed E-state index contributed by atoms with van der Waals surface area (Å²) < 4.78 is 5.92. The molecule has 3 fully saturated rings. The first kappa shape index (κ1) is 15.6. The van der Waals surface area contributed by atoms with Gasteiger partial charge in [0.2, 0.25) is 11.8 Å². The quantitative estimate of drug-likeness (QED) is 0.780. The van der Waals surface area contributed by atoms with Gasteiger partial charge in [0.15, 0.2) is 0 Å². The van der Waals surface area contributed by atoms with E-state index in [2.05, 4.69) is 0 Å². The molecule has 124 valence electrons. The molecule has 6 nitrogen and oxygen atoms in total. The largest absolute Gasteiger partial charge is 0.390 e. The molecule has 1 aromatic rings. The molecule has 0 unspecified atom stereocenters. The molecule has 3 aliphatic heterocycles. The molecular weight excluding hydrogens is 332 g/mol. The molecule has 24 heavy (non-hydrogen) atoms. The van der Waals surface area contributed by atoms with Crippen LogP contribution in [0.25, 0.3) is 0 Å². The number of amides is 2. The summed E-state index contributed by atoms with van der Waals surface area (Å²) in [5.41, 5.74) is -1.40. The van der Waals surface area contributed by atoms with Crippen LogP contribution in [0.3, 0.4) is 0 Å². The van der Waals surface area contributed by atoms with Crippen LogP contribution in [0, 0.1) is 23.2 Å². The summed E-state index contributed by atoms with van der Waals surface area (Å²) in [5.74, 6) is -2.10. The van der Waals surface area contributed by atoms with Crippen molar-refractivity contribution >= 4 is 29.1 Å². The van der Waals surface area contributed by atoms with Crippen molar-refractivity contribution in [2.75, 3.05) is 4.90 Å². The van der Waals surface area contributed by atoms with Crippen LogP contribution in [0.1, 0.15) is 25.8 Å². The van der Waals surface area contributed by atoms with Crippen molar-refractivity contribution < 1.29 is 19.4 Å². The molecule has 2 amide bonds. The molecule has 3 aliphatic rings. The second kappa shape index (κ2) is 4.57. The number of rotatable bonds is 1. The first-order valence-electron chi connectivity index (χ1n) is 7.68. The van der Waals surface area contributed by atoms with Gasteiger partial charge in [-0.3, -0.25) is 9.59 Å². The number of anilines is 1. The summed E-state index contributed by atoms with van der Waals surface area (Å²) in [7, 11) is 0. The number of hydrogen-bond acceptors (Lipinski definition) is 5. The van der Waals surface area contributed by atoms with Gasteiger partial charge in [-0.25, -0.2) is 4.90 Å². The Hall–Kier alpha value is -1.94. The zero-order valence-electron chi connectivity index (χ0n) is 13.1. The van der Waals surface area contributed by atoms with Gasteiger partial charge < -0.3 is 9.84 Å². The standard InChI is InChI=1S/C17H15ClN2O4/c1-16-6-11(21)17(2,24-16)13-12(16)14(22)20(15(13)23)9-3-4-10(18)8(5-9)7-19/h3-5,11-13,21H,6H2,1-2H3/t11-,12+,13-,16+,17-/m0/s1. The number of aliphatic hydroxyl groups is 1. The molecule has 5 atom stereocenters. The van der Waals surface area contributed by atoms with Crippen LogP contribution in [0.5, 0.6) is 0 Å². The van der Waals surface area contributed by atoms with Crippen molar-refractivity contribution in [3.8, 4) is 6.07 Å². The Morgan fingerprint density at radius 3 is 2.67 bits per heavy atom. The van der Waals surface area contributed by atoms with E-state index in [-0.39, 0.29) is 16.5 Å². The van der Waals surface area contributed by atoms with E-state index in [0.717, 1.165) is 4.90 Å². The Bertz CT molecular complexity index is 834. The maximum absolute atomic E-state index is 13.0. The number of hydrogen-bond donors (Lipinski definition) is 1. The van der Waals surface area contributed by atoms with E-state index < -0.39 is 35.0 Å². The van der Waals surface area contributed by atoms with Crippen LogP contribution in [-0.2, 0) is 14.3 Å². The highest BCUT2D eigenvalue weighted by Gasteiger charge is 2.75. The number of aliphatic hydroxyl groups excluding tert-OH is 1. The summed E-state index contributed by atoms with van der Waals surface area (Å²) in [4.78, 5) is 27.0. The number of halogens is 1. The minimum absolute atomic E-state index is 0.198. The van der Waals surface area contributed by atoms with Crippen LogP contribution in [0.4, 0.5) is 5.69 Å². The van der Waals surface area contributed by atoms with Crippen LogP contribution < -0.4 is 4.90 Å². The van der Waals surface area contributed by atoms with Crippen molar-refractivity contribution in [3.63, 3.8) is 0 Å². The van der Waals surface area contributed by atoms with Crippen LogP contribution in [0.2, 0.25) is 5.02 Å². The van der Waals surface area contributed by atoms with Gasteiger partial charge in [0.05, 0.1) is 39.8 Å². The van der Waals surface area contributed by atoms with Crippen molar-refractivity contribution in [2.45, 2.75) is 37.6 Å². The molecule has 3 saturated heterocycles. The number of carbonyl (C=O) groups excluding carboxylic acids is 2. The smallest absolute Gasteiger partial charge is 0.240 e. The third-order valence-electron chi connectivity index (χ3n) is 5.62. The zero-order valence-corrected chi connectivity index (χ0v) is 13.9. The summed E-state index contributed by atoms with van der Waals surface area (Å²) in [6.07, 6.45) is -0.470. The summed E-state index contributed by atoms with van der Waals surface area (Å²) in [6.45, 7) is 3.45. The van der Waals surface area contributed by atoms with E-state index in [4.69, 9.17) is 21.6 Å². The highest BCUT2D eigenvalue weighted by molar-refractivity contribution is 6.32. The Morgan fingerprint density at radius 2 is 2.00 bits per heavy atom. The Labute approximate surface area is 143 Å². The molecule has 0 saturated carbocycles. The molecule has 0 aliphatic carbocycles.